The Kier molecular flexibility index (Phi) is 7.09. The zero-order valence-electron chi connectivity index (χ0n) is 13.0. The molecule has 0 aliphatic heterocycles. The van der Waals surface area contributed by atoms with Crippen molar-refractivity contribution in [3.8, 4) is 5.75 Å². The monoisotopic (exact) mass is 278 g/mol. The molecule has 1 rings (SSSR count). The van der Waals surface area contributed by atoms with Gasteiger partial charge in [0.25, 0.3) is 0 Å². The second kappa shape index (κ2) is 8.59. The average molecular weight is 278 g/mol. The lowest BCUT2D eigenvalue weighted by Crippen LogP contribution is -2.22. The number of nitrogens with one attached hydrogen (secondary N) is 1. The second-order valence-electron chi connectivity index (χ2n) is 5.42. The van der Waals surface area contributed by atoms with Gasteiger partial charge in [0.1, 0.15) is 5.75 Å². The average Bonchev–Trinajstić information content (AvgIpc) is 2.42. The molecular formula is C16H26N2O2. The van der Waals surface area contributed by atoms with Crippen molar-refractivity contribution < 1.29 is 9.53 Å². The maximum Gasteiger partial charge on any atom is 0.222 e. The van der Waals surface area contributed by atoms with Crippen LogP contribution in [-0.2, 0) is 11.3 Å². The highest BCUT2D eigenvalue weighted by Gasteiger charge is 2.03. The summed E-state index contributed by atoms with van der Waals surface area (Å²) in [6.07, 6.45) is 1.27. The molecule has 1 aromatic carbocycles. The molecule has 1 N–H and O–H groups in total. The van der Waals surface area contributed by atoms with E-state index < -0.39 is 0 Å². The van der Waals surface area contributed by atoms with Crippen LogP contribution in [0.15, 0.2) is 24.3 Å². The van der Waals surface area contributed by atoms with Crippen LogP contribution >= 0.6 is 0 Å². The molecule has 0 atom stereocenters. The Labute approximate surface area is 122 Å². The molecule has 1 aromatic rings. The van der Waals surface area contributed by atoms with Crippen molar-refractivity contribution in [1.82, 2.24) is 10.2 Å². The van der Waals surface area contributed by atoms with Gasteiger partial charge < -0.3 is 15.0 Å². The normalized spacial score (nSPS) is 10.7. The fourth-order valence-electron chi connectivity index (χ4n) is 1.66. The Morgan fingerprint density at radius 2 is 1.90 bits per heavy atom. The number of ether oxygens (including phenoxy) is 1. The van der Waals surface area contributed by atoms with Crippen LogP contribution in [0, 0.1) is 0 Å². The largest absolute Gasteiger partial charge is 0.494 e. The number of carbonyl (C=O) groups excluding carboxylic acids is 1. The molecule has 0 aromatic heterocycles. The van der Waals surface area contributed by atoms with Crippen molar-refractivity contribution in [3.05, 3.63) is 29.8 Å². The highest BCUT2D eigenvalue weighted by atomic mass is 16.5. The lowest BCUT2D eigenvalue weighted by Gasteiger charge is -2.11. The maximum absolute atomic E-state index is 11.4. The summed E-state index contributed by atoms with van der Waals surface area (Å²) in [6, 6.07) is 8.57. The molecule has 20 heavy (non-hydrogen) atoms. The van der Waals surface area contributed by atoms with Crippen LogP contribution in [0.4, 0.5) is 0 Å². The fraction of sp³-hybridized carbons (Fsp3) is 0.562. The smallest absolute Gasteiger partial charge is 0.222 e. The van der Waals surface area contributed by atoms with E-state index in [1.54, 1.807) is 19.0 Å². The minimum Gasteiger partial charge on any atom is -0.494 e. The van der Waals surface area contributed by atoms with E-state index in [1.165, 1.54) is 5.56 Å². The van der Waals surface area contributed by atoms with Crippen LogP contribution in [0.25, 0.3) is 0 Å². The topological polar surface area (TPSA) is 41.6 Å². The van der Waals surface area contributed by atoms with Crippen LogP contribution in [0.5, 0.6) is 5.75 Å². The summed E-state index contributed by atoms with van der Waals surface area (Å²) >= 11 is 0. The Morgan fingerprint density at radius 3 is 2.45 bits per heavy atom. The van der Waals surface area contributed by atoms with Gasteiger partial charge in [-0.1, -0.05) is 26.0 Å². The van der Waals surface area contributed by atoms with Gasteiger partial charge in [-0.05, 0) is 24.1 Å². The van der Waals surface area contributed by atoms with Crippen molar-refractivity contribution in [1.29, 1.82) is 0 Å². The van der Waals surface area contributed by atoms with Gasteiger partial charge in [0, 0.05) is 33.1 Å². The summed E-state index contributed by atoms with van der Waals surface area (Å²) < 4.78 is 5.63. The van der Waals surface area contributed by atoms with Gasteiger partial charge in [0.2, 0.25) is 5.91 Å². The van der Waals surface area contributed by atoms with E-state index in [0.717, 1.165) is 18.7 Å². The predicted molar refractivity (Wildman–Crippen MR) is 81.8 cm³/mol. The van der Waals surface area contributed by atoms with Gasteiger partial charge in [0.15, 0.2) is 0 Å². The summed E-state index contributed by atoms with van der Waals surface area (Å²) in [6.45, 7) is 5.71. The molecule has 1 amide bonds. The standard InChI is InChI=1S/C16H26N2O2/c1-13(2)17-12-14-7-9-15(10-8-14)20-11-5-6-16(19)18(3)4/h7-10,13,17H,5-6,11-12H2,1-4H3. The predicted octanol–water partition coefficient (Wildman–Crippen LogP) is 2.43. The van der Waals surface area contributed by atoms with Crippen LogP contribution in [-0.4, -0.2) is 37.6 Å². The Morgan fingerprint density at radius 1 is 1.25 bits per heavy atom. The van der Waals surface area contributed by atoms with E-state index in [4.69, 9.17) is 4.74 Å². The van der Waals surface area contributed by atoms with Crippen LogP contribution < -0.4 is 10.1 Å². The Bertz CT molecular complexity index is 399. The molecule has 0 unspecified atom stereocenters. The molecule has 0 spiro atoms. The molecule has 0 aliphatic carbocycles. The third-order valence-corrected chi connectivity index (χ3v) is 2.94. The van der Waals surface area contributed by atoms with Crippen molar-refractivity contribution in [2.45, 2.75) is 39.3 Å². The first-order chi connectivity index (χ1) is 9.49. The van der Waals surface area contributed by atoms with E-state index >= 15 is 0 Å². The first kappa shape index (κ1) is 16.5. The van der Waals surface area contributed by atoms with Gasteiger partial charge in [-0.3, -0.25) is 4.79 Å². The highest BCUT2D eigenvalue weighted by Crippen LogP contribution is 2.12. The summed E-state index contributed by atoms with van der Waals surface area (Å²) in [4.78, 5) is 13.0. The minimum atomic E-state index is 0.142. The maximum atomic E-state index is 11.4. The molecule has 0 fully saturated rings. The second-order valence-corrected chi connectivity index (χ2v) is 5.42. The minimum absolute atomic E-state index is 0.142. The zero-order valence-corrected chi connectivity index (χ0v) is 13.0. The van der Waals surface area contributed by atoms with Crippen molar-refractivity contribution >= 4 is 5.91 Å². The van der Waals surface area contributed by atoms with Gasteiger partial charge in [0.05, 0.1) is 6.61 Å². The molecule has 4 heteroatoms. The molecule has 0 saturated carbocycles. The molecule has 0 heterocycles. The molecule has 112 valence electrons. The van der Waals surface area contributed by atoms with Gasteiger partial charge >= 0.3 is 0 Å². The van der Waals surface area contributed by atoms with E-state index in [1.807, 2.05) is 12.1 Å². The van der Waals surface area contributed by atoms with Gasteiger partial charge in [-0.15, -0.1) is 0 Å². The number of nitrogens with zero attached hydrogens (tertiary/aromatic N) is 1. The van der Waals surface area contributed by atoms with Crippen LogP contribution in [0.2, 0.25) is 0 Å². The number of hydrogen-bond donors (Lipinski definition) is 1. The third-order valence-electron chi connectivity index (χ3n) is 2.94. The number of rotatable bonds is 8. The number of amides is 1. The number of carbonyl (C=O) groups is 1. The van der Waals surface area contributed by atoms with Gasteiger partial charge in [-0.2, -0.15) is 0 Å². The summed E-state index contributed by atoms with van der Waals surface area (Å²) in [5.74, 6) is 0.999. The summed E-state index contributed by atoms with van der Waals surface area (Å²) in [5.41, 5.74) is 1.24. The van der Waals surface area contributed by atoms with E-state index in [-0.39, 0.29) is 5.91 Å². The Balaban J connectivity index is 2.26. The highest BCUT2D eigenvalue weighted by molar-refractivity contribution is 5.75. The first-order valence-electron chi connectivity index (χ1n) is 7.14. The van der Waals surface area contributed by atoms with Crippen LogP contribution in [0.1, 0.15) is 32.3 Å². The fourth-order valence-corrected chi connectivity index (χ4v) is 1.66. The quantitative estimate of drug-likeness (QED) is 0.743. The van der Waals surface area contributed by atoms with E-state index in [9.17, 15) is 4.79 Å². The van der Waals surface area contributed by atoms with Gasteiger partial charge in [-0.25, -0.2) is 0 Å². The van der Waals surface area contributed by atoms with Crippen molar-refractivity contribution in [3.63, 3.8) is 0 Å². The van der Waals surface area contributed by atoms with Crippen molar-refractivity contribution in [2.24, 2.45) is 0 Å². The summed E-state index contributed by atoms with van der Waals surface area (Å²) in [5, 5.41) is 3.37. The van der Waals surface area contributed by atoms with E-state index in [0.29, 0.717) is 19.1 Å². The Hall–Kier alpha value is -1.55. The zero-order chi connectivity index (χ0) is 15.0. The third kappa shape index (κ3) is 6.57. The first-order valence-corrected chi connectivity index (χ1v) is 7.14. The molecule has 0 saturated heterocycles. The van der Waals surface area contributed by atoms with Crippen LogP contribution in [0.3, 0.4) is 0 Å². The molecule has 0 bridgehead atoms. The van der Waals surface area contributed by atoms with E-state index in [2.05, 4.69) is 31.3 Å². The van der Waals surface area contributed by atoms with Crippen molar-refractivity contribution in [2.75, 3.05) is 20.7 Å². The molecular weight excluding hydrogens is 252 g/mol. The lowest BCUT2D eigenvalue weighted by atomic mass is 10.2. The molecule has 0 aliphatic rings. The lowest BCUT2D eigenvalue weighted by molar-refractivity contribution is -0.128. The number of hydrogen-bond acceptors (Lipinski definition) is 3. The molecule has 0 radical (unpaired) electrons. The summed E-state index contributed by atoms with van der Waals surface area (Å²) in [7, 11) is 3.54. The SMILES string of the molecule is CC(C)NCc1ccc(OCCCC(=O)N(C)C)cc1. The number of benzene rings is 1. The molecule has 4 nitrogen and oxygen atoms in total.